The van der Waals surface area contributed by atoms with Crippen molar-refractivity contribution in [2.24, 2.45) is 0 Å². The second kappa shape index (κ2) is 5.67. The average molecular weight is 266 g/mol. The molecule has 0 saturated carbocycles. The Hall–Kier alpha value is -0.830. The highest BCUT2D eigenvalue weighted by molar-refractivity contribution is 7.16. The highest BCUT2D eigenvalue weighted by atomic mass is 35.5. The molecule has 1 aromatic heterocycles. The SMILES string of the molecule is CN(C)Cc1ccccc1Cc1ccc(Cl)s1. The minimum absolute atomic E-state index is 0.866. The highest BCUT2D eigenvalue weighted by Crippen LogP contribution is 2.25. The predicted molar refractivity (Wildman–Crippen MR) is 76.0 cm³/mol. The number of thiophene rings is 1. The first-order valence-corrected chi connectivity index (χ1v) is 6.80. The summed E-state index contributed by atoms with van der Waals surface area (Å²) >= 11 is 7.62. The number of halogens is 1. The van der Waals surface area contributed by atoms with Crippen molar-refractivity contribution < 1.29 is 0 Å². The van der Waals surface area contributed by atoms with E-state index in [4.69, 9.17) is 11.6 Å². The molecule has 1 aromatic carbocycles. The summed E-state index contributed by atoms with van der Waals surface area (Å²) in [6.07, 6.45) is 0.974. The van der Waals surface area contributed by atoms with Crippen LogP contribution in [0.4, 0.5) is 0 Å². The minimum atomic E-state index is 0.866. The van der Waals surface area contributed by atoms with Gasteiger partial charge in [0.1, 0.15) is 0 Å². The lowest BCUT2D eigenvalue weighted by atomic mass is 10.0. The smallest absolute Gasteiger partial charge is 0.0931 e. The first-order chi connectivity index (χ1) is 8.15. The fraction of sp³-hybridized carbons (Fsp3) is 0.286. The van der Waals surface area contributed by atoms with Gasteiger partial charge in [0.2, 0.25) is 0 Å². The number of hydrogen-bond donors (Lipinski definition) is 0. The summed E-state index contributed by atoms with van der Waals surface area (Å²) in [4.78, 5) is 3.52. The molecule has 0 unspecified atom stereocenters. The van der Waals surface area contributed by atoms with Crippen LogP contribution in [-0.4, -0.2) is 19.0 Å². The van der Waals surface area contributed by atoms with Crippen LogP contribution in [0.1, 0.15) is 16.0 Å². The van der Waals surface area contributed by atoms with Crippen molar-refractivity contribution in [2.45, 2.75) is 13.0 Å². The lowest BCUT2D eigenvalue weighted by Crippen LogP contribution is -2.12. The summed E-state index contributed by atoms with van der Waals surface area (Å²) in [6.45, 7) is 0.981. The van der Waals surface area contributed by atoms with Gasteiger partial charge < -0.3 is 4.90 Å². The zero-order valence-electron chi connectivity index (χ0n) is 10.1. The van der Waals surface area contributed by atoms with E-state index in [-0.39, 0.29) is 0 Å². The van der Waals surface area contributed by atoms with Crippen LogP contribution in [0.3, 0.4) is 0 Å². The van der Waals surface area contributed by atoms with Gasteiger partial charge in [0.15, 0.2) is 0 Å². The highest BCUT2D eigenvalue weighted by Gasteiger charge is 2.05. The van der Waals surface area contributed by atoms with E-state index < -0.39 is 0 Å². The van der Waals surface area contributed by atoms with E-state index in [1.165, 1.54) is 16.0 Å². The van der Waals surface area contributed by atoms with Crippen molar-refractivity contribution in [1.82, 2.24) is 4.90 Å². The second-order valence-electron chi connectivity index (χ2n) is 4.39. The summed E-state index contributed by atoms with van der Waals surface area (Å²) in [7, 11) is 4.19. The molecule has 0 amide bonds. The molecule has 0 fully saturated rings. The molecular formula is C14H16ClNS. The van der Waals surface area contributed by atoms with Gasteiger partial charge in [-0.3, -0.25) is 0 Å². The van der Waals surface area contributed by atoms with E-state index >= 15 is 0 Å². The Morgan fingerprint density at radius 1 is 1.06 bits per heavy atom. The topological polar surface area (TPSA) is 3.24 Å². The molecule has 2 rings (SSSR count). The van der Waals surface area contributed by atoms with E-state index in [9.17, 15) is 0 Å². The molecule has 0 atom stereocenters. The van der Waals surface area contributed by atoms with Gasteiger partial charge in [0.25, 0.3) is 0 Å². The van der Waals surface area contributed by atoms with Crippen LogP contribution in [-0.2, 0) is 13.0 Å². The molecule has 3 heteroatoms. The van der Waals surface area contributed by atoms with Crippen molar-refractivity contribution in [3.05, 3.63) is 56.7 Å². The first kappa shape index (κ1) is 12.6. The van der Waals surface area contributed by atoms with Gasteiger partial charge >= 0.3 is 0 Å². The third-order valence-electron chi connectivity index (χ3n) is 2.60. The Kier molecular flexibility index (Phi) is 4.21. The summed E-state index contributed by atoms with van der Waals surface area (Å²) < 4.78 is 0.866. The molecule has 0 aliphatic rings. The van der Waals surface area contributed by atoms with Crippen molar-refractivity contribution in [1.29, 1.82) is 0 Å². The van der Waals surface area contributed by atoms with Gasteiger partial charge in [0, 0.05) is 17.8 Å². The molecular weight excluding hydrogens is 250 g/mol. The molecule has 0 N–H and O–H groups in total. The van der Waals surface area contributed by atoms with Gasteiger partial charge in [-0.1, -0.05) is 35.9 Å². The summed E-state index contributed by atoms with van der Waals surface area (Å²) in [5, 5.41) is 0. The van der Waals surface area contributed by atoms with Crippen LogP contribution in [0.15, 0.2) is 36.4 Å². The normalized spacial score (nSPS) is 11.1. The third-order valence-corrected chi connectivity index (χ3v) is 3.83. The van der Waals surface area contributed by atoms with E-state index in [0.717, 1.165) is 17.3 Å². The molecule has 2 aromatic rings. The van der Waals surface area contributed by atoms with Crippen molar-refractivity contribution in [3.63, 3.8) is 0 Å². The Bertz CT molecular complexity index is 490. The maximum atomic E-state index is 5.96. The lowest BCUT2D eigenvalue weighted by Gasteiger charge is -2.13. The lowest BCUT2D eigenvalue weighted by molar-refractivity contribution is 0.401. The Morgan fingerprint density at radius 2 is 1.76 bits per heavy atom. The zero-order chi connectivity index (χ0) is 12.3. The molecule has 0 saturated heterocycles. The van der Waals surface area contributed by atoms with Gasteiger partial charge in [-0.15, -0.1) is 11.3 Å². The molecule has 0 aliphatic heterocycles. The van der Waals surface area contributed by atoms with E-state index in [2.05, 4.69) is 49.3 Å². The number of nitrogens with zero attached hydrogens (tertiary/aromatic N) is 1. The quantitative estimate of drug-likeness (QED) is 0.806. The molecule has 0 aliphatic carbocycles. The number of hydrogen-bond acceptors (Lipinski definition) is 2. The standard InChI is InChI=1S/C14H16ClNS/c1-16(2)10-12-6-4-3-5-11(12)9-13-7-8-14(15)17-13/h3-8H,9-10H2,1-2H3. The molecule has 90 valence electrons. The summed E-state index contributed by atoms with van der Waals surface area (Å²) in [5.41, 5.74) is 2.78. The van der Waals surface area contributed by atoms with E-state index in [0.29, 0.717) is 0 Å². The molecule has 0 bridgehead atoms. The number of rotatable bonds is 4. The Balaban J connectivity index is 2.20. The fourth-order valence-electron chi connectivity index (χ4n) is 1.86. The Morgan fingerprint density at radius 3 is 2.35 bits per heavy atom. The van der Waals surface area contributed by atoms with Crippen molar-refractivity contribution in [3.8, 4) is 0 Å². The molecule has 17 heavy (non-hydrogen) atoms. The van der Waals surface area contributed by atoms with Crippen LogP contribution in [0.2, 0.25) is 4.34 Å². The third kappa shape index (κ3) is 3.56. The predicted octanol–water partition coefficient (Wildman–Crippen LogP) is 4.05. The molecule has 0 spiro atoms. The van der Waals surface area contributed by atoms with Gasteiger partial charge in [-0.25, -0.2) is 0 Å². The maximum absolute atomic E-state index is 5.96. The van der Waals surface area contributed by atoms with Crippen LogP contribution < -0.4 is 0 Å². The summed E-state index contributed by atoms with van der Waals surface area (Å²) in [6, 6.07) is 12.7. The maximum Gasteiger partial charge on any atom is 0.0931 e. The zero-order valence-corrected chi connectivity index (χ0v) is 11.7. The fourth-order valence-corrected chi connectivity index (χ4v) is 2.97. The van der Waals surface area contributed by atoms with Gasteiger partial charge in [0.05, 0.1) is 4.34 Å². The minimum Gasteiger partial charge on any atom is -0.305 e. The van der Waals surface area contributed by atoms with Crippen LogP contribution in [0.25, 0.3) is 0 Å². The largest absolute Gasteiger partial charge is 0.305 e. The monoisotopic (exact) mass is 265 g/mol. The van der Waals surface area contributed by atoms with Crippen LogP contribution >= 0.6 is 22.9 Å². The average Bonchev–Trinajstić information content (AvgIpc) is 2.66. The Labute approximate surface area is 112 Å². The molecule has 1 nitrogen and oxygen atoms in total. The molecule has 0 radical (unpaired) electrons. The number of benzene rings is 1. The van der Waals surface area contributed by atoms with Gasteiger partial charge in [-0.05, 0) is 37.4 Å². The second-order valence-corrected chi connectivity index (χ2v) is 6.19. The van der Waals surface area contributed by atoms with E-state index in [1.807, 2.05) is 6.07 Å². The summed E-state index contributed by atoms with van der Waals surface area (Å²) in [5.74, 6) is 0. The first-order valence-electron chi connectivity index (χ1n) is 5.61. The van der Waals surface area contributed by atoms with Crippen LogP contribution in [0.5, 0.6) is 0 Å². The molecule has 1 heterocycles. The van der Waals surface area contributed by atoms with Crippen molar-refractivity contribution >= 4 is 22.9 Å². The van der Waals surface area contributed by atoms with Crippen LogP contribution in [0, 0.1) is 0 Å². The van der Waals surface area contributed by atoms with Crippen molar-refractivity contribution in [2.75, 3.05) is 14.1 Å². The van der Waals surface area contributed by atoms with E-state index in [1.54, 1.807) is 11.3 Å². The van der Waals surface area contributed by atoms with Gasteiger partial charge in [-0.2, -0.15) is 0 Å².